The first-order chi connectivity index (χ1) is 10.8. The molecule has 0 aliphatic carbocycles. The van der Waals surface area contributed by atoms with Crippen molar-refractivity contribution >= 4 is 47.7 Å². The van der Waals surface area contributed by atoms with Crippen LogP contribution in [0.4, 0.5) is 5.69 Å². The lowest BCUT2D eigenvalue weighted by atomic mass is 10.2. The highest BCUT2D eigenvalue weighted by Gasteiger charge is 2.17. The van der Waals surface area contributed by atoms with Gasteiger partial charge in [0.2, 0.25) is 0 Å². The van der Waals surface area contributed by atoms with Crippen molar-refractivity contribution in [1.29, 1.82) is 0 Å². The molecule has 0 radical (unpaired) electrons. The topological polar surface area (TPSA) is 71.2 Å². The van der Waals surface area contributed by atoms with E-state index in [1.165, 1.54) is 22.6 Å². The predicted molar refractivity (Wildman–Crippen MR) is 104 cm³/mol. The van der Waals surface area contributed by atoms with E-state index in [4.69, 9.17) is 5.73 Å². The van der Waals surface area contributed by atoms with Gasteiger partial charge < -0.3 is 16.0 Å². The van der Waals surface area contributed by atoms with Crippen molar-refractivity contribution in [2.24, 2.45) is 5.73 Å². The van der Waals surface area contributed by atoms with E-state index in [2.05, 4.69) is 39.5 Å². The van der Waals surface area contributed by atoms with Crippen molar-refractivity contribution in [2.75, 3.05) is 24.5 Å². The molecule has 0 bridgehead atoms. The number of rotatable bonds is 6. The molecule has 0 fully saturated rings. The molecule has 0 unspecified atom stereocenters. The summed E-state index contributed by atoms with van der Waals surface area (Å²) in [5, 5.41) is 5.47. The van der Waals surface area contributed by atoms with Crippen LogP contribution in [0, 0.1) is 0 Å². The number of hydrogen-bond donors (Lipinski definition) is 2. The van der Waals surface area contributed by atoms with Gasteiger partial charge in [0.1, 0.15) is 10.7 Å². The molecule has 5 nitrogen and oxygen atoms in total. The van der Waals surface area contributed by atoms with Gasteiger partial charge in [0.05, 0.1) is 0 Å². The molecule has 3 rings (SSSR count). The number of hydrogen-bond acceptors (Lipinski definition) is 5. The molecule has 0 saturated heterocycles. The highest BCUT2D eigenvalue weighted by molar-refractivity contribution is 7.09. The van der Waals surface area contributed by atoms with Crippen molar-refractivity contribution in [3.8, 4) is 0 Å². The molecule has 24 heavy (non-hydrogen) atoms. The maximum atomic E-state index is 11.9. The number of para-hydroxylation sites is 1. The average Bonchev–Trinajstić information content (AvgIpc) is 3.18. The van der Waals surface area contributed by atoms with Crippen molar-refractivity contribution in [2.45, 2.75) is 19.4 Å². The van der Waals surface area contributed by atoms with E-state index in [-0.39, 0.29) is 30.7 Å². The molecule has 0 spiro atoms. The number of halogens is 2. The van der Waals surface area contributed by atoms with Gasteiger partial charge in [0, 0.05) is 37.2 Å². The van der Waals surface area contributed by atoms with Gasteiger partial charge in [-0.15, -0.1) is 36.2 Å². The molecule has 2 aromatic rings. The standard InChI is InChI=1S/C16H20N4OS.2ClH/c17-10-15-19-13(11-22-15)16(21)18-7-3-8-20-9-6-12-4-1-2-5-14(12)20;;/h1-2,4-5,11H,3,6-10,17H2,(H,18,21);2*1H. The maximum Gasteiger partial charge on any atom is 0.270 e. The summed E-state index contributed by atoms with van der Waals surface area (Å²) in [5.74, 6) is -0.113. The summed E-state index contributed by atoms with van der Waals surface area (Å²) in [6.45, 7) is 3.07. The van der Waals surface area contributed by atoms with Crippen LogP contribution < -0.4 is 16.0 Å². The minimum atomic E-state index is -0.113. The van der Waals surface area contributed by atoms with Gasteiger partial charge in [-0.1, -0.05) is 18.2 Å². The minimum absolute atomic E-state index is 0. The Bertz CT molecular complexity index is 665. The first-order valence-corrected chi connectivity index (χ1v) is 8.41. The highest BCUT2D eigenvalue weighted by atomic mass is 35.5. The lowest BCUT2D eigenvalue weighted by Gasteiger charge is -2.19. The summed E-state index contributed by atoms with van der Waals surface area (Å²) in [7, 11) is 0. The quantitative estimate of drug-likeness (QED) is 0.746. The van der Waals surface area contributed by atoms with Crippen LogP contribution in [0.25, 0.3) is 0 Å². The Morgan fingerprint density at radius 2 is 2.12 bits per heavy atom. The summed E-state index contributed by atoms with van der Waals surface area (Å²) in [4.78, 5) is 18.5. The van der Waals surface area contributed by atoms with Gasteiger partial charge in [0.25, 0.3) is 5.91 Å². The Hall–Kier alpha value is -1.34. The SMILES string of the molecule is Cl.Cl.NCc1nc(C(=O)NCCCN2CCc3ccccc32)cs1. The molecule has 8 heteroatoms. The molecule has 2 heterocycles. The molecular weight excluding hydrogens is 367 g/mol. The third-order valence-electron chi connectivity index (χ3n) is 3.83. The number of benzene rings is 1. The second-order valence-corrected chi connectivity index (χ2v) is 6.25. The van der Waals surface area contributed by atoms with Crippen molar-refractivity contribution < 1.29 is 4.79 Å². The third-order valence-corrected chi connectivity index (χ3v) is 4.70. The van der Waals surface area contributed by atoms with E-state index >= 15 is 0 Å². The van der Waals surface area contributed by atoms with E-state index in [1.54, 1.807) is 5.38 Å². The fraction of sp³-hybridized carbons (Fsp3) is 0.375. The van der Waals surface area contributed by atoms with Crippen molar-refractivity contribution in [3.63, 3.8) is 0 Å². The van der Waals surface area contributed by atoms with Crippen molar-refractivity contribution in [1.82, 2.24) is 10.3 Å². The summed E-state index contributed by atoms with van der Waals surface area (Å²) in [5.41, 5.74) is 8.73. The smallest absolute Gasteiger partial charge is 0.270 e. The van der Waals surface area contributed by atoms with Gasteiger partial charge in [0.15, 0.2) is 0 Å². The van der Waals surface area contributed by atoms with E-state index < -0.39 is 0 Å². The molecule has 3 N–H and O–H groups in total. The fourth-order valence-corrected chi connectivity index (χ4v) is 3.36. The number of fused-ring (bicyclic) bond motifs is 1. The van der Waals surface area contributed by atoms with Gasteiger partial charge in [-0.2, -0.15) is 0 Å². The summed E-state index contributed by atoms with van der Waals surface area (Å²) in [6, 6.07) is 8.53. The van der Waals surface area contributed by atoms with Gasteiger partial charge in [-0.3, -0.25) is 4.79 Å². The molecule has 0 atom stereocenters. The van der Waals surface area contributed by atoms with Gasteiger partial charge in [-0.25, -0.2) is 4.98 Å². The first-order valence-electron chi connectivity index (χ1n) is 7.53. The number of nitrogens with two attached hydrogens (primary N) is 1. The average molecular weight is 389 g/mol. The number of anilines is 1. The van der Waals surface area contributed by atoms with Crippen LogP contribution in [0.1, 0.15) is 27.5 Å². The van der Waals surface area contributed by atoms with Gasteiger partial charge >= 0.3 is 0 Å². The maximum absolute atomic E-state index is 11.9. The highest BCUT2D eigenvalue weighted by Crippen LogP contribution is 2.27. The number of nitrogens with one attached hydrogen (secondary N) is 1. The number of carbonyl (C=O) groups excluding carboxylic acids is 1. The van der Waals surface area contributed by atoms with Crippen LogP contribution in [-0.4, -0.2) is 30.5 Å². The predicted octanol–water partition coefficient (Wildman–Crippen LogP) is 2.63. The van der Waals surface area contributed by atoms with E-state index in [0.29, 0.717) is 18.8 Å². The monoisotopic (exact) mass is 388 g/mol. The molecule has 132 valence electrons. The Kier molecular flexibility index (Phi) is 8.48. The molecule has 1 aliphatic heterocycles. The largest absolute Gasteiger partial charge is 0.371 e. The molecule has 1 aromatic heterocycles. The molecule has 0 saturated carbocycles. The third kappa shape index (κ3) is 4.83. The number of carbonyl (C=O) groups is 1. The van der Waals surface area contributed by atoms with E-state index in [1.807, 2.05) is 0 Å². The normalized spacial score (nSPS) is 12.1. The number of nitrogens with zero attached hydrogens (tertiary/aromatic N) is 2. The zero-order valence-corrected chi connectivity index (χ0v) is 15.7. The number of amides is 1. The summed E-state index contributed by atoms with van der Waals surface area (Å²) < 4.78 is 0. The van der Waals surface area contributed by atoms with E-state index in [0.717, 1.165) is 30.9 Å². The number of thiazole rings is 1. The molecule has 1 amide bonds. The second kappa shape index (κ2) is 9.84. The van der Waals surface area contributed by atoms with Crippen molar-refractivity contribution in [3.05, 3.63) is 45.9 Å². The first kappa shape index (κ1) is 20.7. The zero-order valence-electron chi connectivity index (χ0n) is 13.2. The van der Waals surface area contributed by atoms with E-state index in [9.17, 15) is 4.79 Å². The lowest BCUT2D eigenvalue weighted by Crippen LogP contribution is -2.29. The lowest BCUT2D eigenvalue weighted by molar-refractivity contribution is 0.0949. The molecular formula is C16H22Cl2N4OS. The van der Waals surface area contributed by atoms with Crippen LogP contribution in [0.2, 0.25) is 0 Å². The molecule has 1 aromatic carbocycles. The fourth-order valence-electron chi connectivity index (χ4n) is 2.71. The van der Waals surface area contributed by atoms with Crippen LogP contribution in [0.5, 0.6) is 0 Å². The zero-order chi connectivity index (χ0) is 15.4. The Labute approximate surface area is 158 Å². The minimum Gasteiger partial charge on any atom is -0.371 e. The Morgan fingerprint density at radius 3 is 2.88 bits per heavy atom. The van der Waals surface area contributed by atoms with Gasteiger partial charge in [-0.05, 0) is 24.5 Å². The number of aromatic nitrogens is 1. The Balaban J connectivity index is 0.00000144. The summed E-state index contributed by atoms with van der Waals surface area (Å²) >= 11 is 1.42. The van der Waals surface area contributed by atoms with Crippen LogP contribution in [0.15, 0.2) is 29.6 Å². The Morgan fingerprint density at radius 1 is 1.33 bits per heavy atom. The summed E-state index contributed by atoms with van der Waals surface area (Å²) in [6.07, 6.45) is 2.04. The second-order valence-electron chi connectivity index (χ2n) is 5.31. The molecule has 1 aliphatic rings. The van der Waals surface area contributed by atoms with Crippen LogP contribution in [-0.2, 0) is 13.0 Å². The van der Waals surface area contributed by atoms with Crippen LogP contribution >= 0.6 is 36.2 Å². The van der Waals surface area contributed by atoms with Crippen LogP contribution in [0.3, 0.4) is 0 Å².